The quantitative estimate of drug-likeness (QED) is 0.616. The molecule has 0 N–H and O–H groups in total. The highest BCUT2D eigenvalue weighted by Gasteiger charge is 2.07. The average molecular weight is 165 g/mol. The molecule has 1 rings (SSSR count). The Balaban J connectivity index is 2.82. The Labute approximate surface area is 73.6 Å². The first-order chi connectivity index (χ1) is 5.77. The third-order valence-corrected chi connectivity index (χ3v) is 2.10. The fourth-order valence-electron chi connectivity index (χ4n) is 1.20. The van der Waals surface area contributed by atoms with Crippen molar-refractivity contribution in [2.45, 2.75) is 20.3 Å². The van der Waals surface area contributed by atoms with E-state index in [9.17, 15) is 0 Å². The Hall–Kier alpha value is -1.05. The summed E-state index contributed by atoms with van der Waals surface area (Å²) in [5, 5.41) is 0. The maximum Gasteiger partial charge on any atom is 0.212 e. The van der Waals surface area contributed by atoms with Crippen molar-refractivity contribution in [3.8, 4) is 0 Å². The second-order valence-corrected chi connectivity index (χ2v) is 2.91. The molecule has 0 fully saturated rings. The average Bonchev–Trinajstić information content (AvgIpc) is 2.27. The van der Waals surface area contributed by atoms with Crippen molar-refractivity contribution in [3.63, 3.8) is 0 Å². The van der Waals surface area contributed by atoms with Crippen LogP contribution in [0.25, 0.3) is 0 Å². The SMILES string of the molecule is CCC1C=NC(OC)=CC=C1C. The molecule has 0 saturated heterocycles. The molecular weight excluding hydrogens is 150 g/mol. The molecule has 0 saturated carbocycles. The molecule has 1 aliphatic rings. The molecule has 0 amide bonds. The molecule has 2 heteroatoms. The summed E-state index contributed by atoms with van der Waals surface area (Å²) < 4.78 is 5.03. The Morgan fingerprint density at radius 3 is 2.83 bits per heavy atom. The van der Waals surface area contributed by atoms with Gasteiger partial charge in [-0.15, -0.1) is 0 Å². The number of hydrogen-bond acceptors (Lipinski definition) is 2. The van der Waals surface area contributed by atoms with E-state index in [1.807, 2.05) is 12.3 Å². The Kier molecular flexibility index (Phi) is 3.09. The summed E-state index contributed by atoms with van der Waals surface area (Å²) >= 11 is 0. The van der Waals surface area contributed by atoms with Crippen molar-refractivity contribution in [3.05, 3.63) is 23.6 Å². The molecule has 0 radical (unpaired) electrons. The number of hydrogen-bond donors (Lipinski definition) is 0. The highest BCUT2D eigenvalue weighted by molar-refractivity contribution is 5.67. The fraction of sp³-hybridized carbons (Fsp3) is 0.500. The van der Waals surface area contributed by atoms with Gasteiger partial charge in [0.2, 0.25) is 5.88 Å². The first kappa shape index (κ1) is 9.04. The topological polar surface area (TPSA) is 21.6 Å². The van der Waals surface area contributed by atoms with Crippen LogP contribution in [0.5, 0.6) is 0 Å². The zero-order chi connectivity index (χ0) is 8.97. The van der Waals surface area contributed by atoms with Gasteiger partial charge in [-0.1, -0.05) is 18.6 Å². The van der Waals surface area contributed by atoms with Crippen LogP contribution in [-0.4, -0.2) is 13.3 Å². The van der Waals surface area contributed by atoms with E-state index in [-0.39, 0.29) is 0 Å². The fourth-order valence-corrected chi connectivity index (χ4v) is 1.20. The largest absolute Gasteiger partial charge is 0.481 e. The van der Waals surface area contributed by atoms with Crippen molar-refractivity contribution in [1.29, 1.82) is 0 Å². The number of rotatable bonds is 2. The predicted molar refractivity (Wildman–Crippen MR) is 51.1 cm³/mol. The maximum absolute atomic E-state index is 5.03. The highest BCUT2D eigenvalue weighted by Crippen LogP contribution is 2.16. The van der Waals surface area contributed by atoms with Gasteiger partial charge in [0.05, 0.1) is 7.11 Å². The van der Waals surface area contributed by atoms with Gasteiger partial charge in [0.15, 0.2) is 0 Å². The molecule has 1 aliphatic heterocycles. The zero-order valence-electron chi connectivity index (χ0n) is 7.87. The molecule has 0 aromatic rings. The van der Waals surface area contributed by atoms with Crippen LogP contribution >= 0.6 is 0 Å². The van der Waals surface area contributed by atoms with Gasteiger partial charge in [-0.2, -0.15) is 0 Å². The summed E-state index contributed by atoms with van der Waals surface area (Å²) in [5.41, 5.74) is 1.34. The summed E-state index contributed by atoms with van der Waals surface area (Å²) in [4.78, 5) is 4.21. The van der Waals surface area contributed by atoms with Gasteiger partial charge >= 0.3 is 0 Å². The first-order valence-corrected chi connectivity index (χ1v) is 4.24. The molecule has 12 heavy (non-hydrogen) atoms. The van der Waals surface area contributed by atoms with Crippen LogP contribution in [0, 0.1) is 5.92 Å². The second kappa shape index (κ2) is 4.10. The molecule has 1 heterocycles. The highest BCUT2D eigenvalue weighted by atomic mass is 16.5. The van der Waals surface area contributed by atoms with E-state index >= 15 is 0 Å². The van der Waals surface area contributed by atoms with E-state index in [4.69, 9.17) is 4.74 Å². The predicted octanol–water partition coefficient (Wildman–Crippen LogP) is 2.53. The molecule has 66 valence electrons. The van der Waals surface area contributed by atoms with Crippen molar-refractivity contribution in [1.82, 2.24) is 0 Å². The van der Waals surface area contributed by atoms with E-state index in [1.54, 1.807) is 7.11 Å². The summed E-state index contributed by atoms with van der Waals surface area (Å²) in [5.74, 6) is 1.15. The molecular formula is C10H15NO. The number of aliphatic imine (C=N–C) groups is 1. The van der Waals surface area contributed by atoms with Gasteiger partial charge in [-0.05, 0) is 13.3 Å². The van der Waals surface area contributed by atoms with Crippen LogP contribution in [0.1, 0.15) is 20.3 Å². The van der Waals surface area contributed by atoms with Crippen LogP contribution in [0.3, 0.4) is 0 Å². The van der Waals surface area contributed by atoms with Gasteiger partial charge in [0.1, 0.15) is 0 Å². The van der Waals surface area contributed by atoms with Gasteiger partial charge in [-0.3, -0.25) is 0 Å². The molecule has 0 spiro atoms. The zero-order valence-corrected chi connectivity index (χ0v) is 7.87. The minimum Gasteiger partial charge on any atom is -0.481 e. The standard InChI is InChI=1S/C10H15NO/c1-4-9-7-11-10(12-3)6-5-8(9)2/h5-7,9H,4H2,1-3H3. The van der Waals surface area contributed by atoms with E-state index in [1.165, 1.54) is 5.57 Å². The second-order valence-electron chi connectivity index (χ2n) is 2.91. The van der Waals surface area contributed by atoms with Crippen molar-refractivity contribution < 1.29 is 4.74 Å². The van der Waals surface area contributed by atoms with Crippen molar-refractivity contribution in [2.24, 2.45) is 10.9 Å². The van der Waals surface area contributed by atoms with Gasteiger partial charge < -0.3 is 4.74 Å². The minimum atomic E-state index is 0.467. The summed E-state index contributed by atoms with van der Waals surface area (Å²) in [7, 11) is 1.64. The third kappa shape index (κ3) is 1.97. The molecule has 2 nitrogen and oxygen atoms in total. The monoisotopic (exact) mass is 165 g/mol. The van der Waals surface area contributed by atoms with Crippen LogP contribution in [-0.2, 0) is 4.74 Å². The number of nitrogens with zero attached hydrogens (tertiary/aromatic N) is 1. The van der Waals surface area contributed by atoms with Crippen molar-refractivity contribution >= 4 is 6.21 Å². The smallest absolute Gasteiger partial charge is 0.212 e. The summed E-state index contributed by atoms with van der Waals surface area (Å²) in [6, 6.07) is 0. The number of ether oxygens (including phenoxy) is 1. The van der Waals surface area contributed by atoms with Gasteiger partial charge in [0.25, 0.3) is 0 Å². The van der Waals surface area contributed by atoms with E-state index in [2.05, 4.69) is 24.9 Å². The van der Waals surface area contributed by atoms with Crippen LogP contribution < -0.4 is 0 Å². The van der Waals surface area contributed by atoms with E-state index in [0.29, 0.717) is 11.8 Å². The lowest BCUT2D eigenvalue weighted by atomic mass is 9.99. The Bertz CT molecular complexity index is 238. The molecule has 0 aliphatic carbocycles. The van der Waals surface area contributed by atoms with E-state index < -0.39 is 0 Å². The molecule has 0 bridgehead atoms. The van der Waals surface area contributed by atoms with Gasteiger partial charge in [0, 0.05) is 18.2 Å². The van der Waals surface area contributed by atoms with E-state index in [0.717, 1.165) is 6.42 Å². The van der Waals surface area contributed by atoms with Crippen LogP contribution in [0.4, 0.5) is 0 Å². The maximum atomic E-state index is 5.03. The Morgan fingerprint density at radius 1 is 1.50 bits per heavy atom. The number of methoxy groups -OCH3 is 1. The lowest BCUT2D eigenvalue weighted by molar-refractivity contribution is 0.289. The summed E-state index contributed by atoms with van der Waals surface area (Å²) in [6.07, 6.45) is 7.02. The lowest BCUT2D eigenvalue weighted by Gasteiger charge is -2.06. The molecule has 1 unspecified atom stereocenters. The van der Waals surface area contributed by atoms with Crippen molar-refractivity contribution in [2.75, 3.05) is 7.11 Å². The molecule has 0 aromatic heterocycles. The van der Waals surface area contributed by atoms with Gasteiger partial charge in [-0.25, -0.2) is 4.99 Å². The molecule has 0 aromatic carbocycles. The minimum absolute atomic E-state index is 0.467. The molecule has 1 atom stereocenters. The summed E-state index contributed by atoms with van der Waals surface area (Å²) in [6.45, 7) is 4.28. The number of allylic oxidation sites excluding steroid dienone is 3. The third-order valence-electron chi connectivity index (χ3n) is 2.10. The van der Waals surface area contributed by atoms with Crippen LogP contribution in [0.15, 0.2) is 28.6 Å². The lowest BCUT2D eigenvalue weighted by Crippen LogP contribution is -2.00. The normalized spacial score (nSPS) is 22.8. The van der Waals surface area contributed by atoms with Crippen LogP contribution in [0.2, 0.25) is 0 Å². The Morgan fingerprint density at radius 2 is 2.25 bits per heavy atom. The first-order valence-electron chi connectivity index (χ1n) is 4.24.